The van der Waals surface area contributed by atoms with E-state index >= 15 is 0 Å². The maximum Gasteiger partial charge on any atom is 0.330 e. The van der Waals surface area contributed by atoms with Gasteiger partial charge < -0.3 is 9.47 Å². The number of hydrogen-bond acceptors (Lipinski definition) is 4. The maximum atomic E-state index is 11.4. The molecular weight excluding hydrogens is 665 g/mol. The Morgan fingerprint density at radius 3 is 1.28 bits per heavy atom. The lowest BCUT2D eigenvalue weighted by atomic mass is 9.79. The lowest BCUT2D eigenvalue weighted by Gasteiger charge is -2.24. The zero-order valence-electron chi connectivity index (χ0n) is 32.1. The van der Waals surface area contributed by atoms with Gasteiger partial charge in [-0.15, -0.1) is 0 Å². The van der Waals surface area contributed by atoms with Crippen LogP contribution in [0.3, 0.4) is 0 Å². The summed E-state index contributed by atoms with van der Waals surface area (Å²) in [4.78, 5) is 22.6. The van der Waals surface area contributed by atoms with Crippen molar-refractivity contribution in [3.63, 3.8) is 0 Å². The molecule has 0 amide bonds. The minimum absolute atomic E-state index is 0.112. The zero-order valence-corrected chi connectivity index (χ0v) is 32.1. The smallest absolute Gasteiger partial charge is 0.330 e. The summed E-state index contributed by atoms with van der Waals surface area (Å²) in [7, 11) is 0. The predicted octanol–water partition coefficient (Wildman–Crippen LogP) is 11.7. The van der Waals surface area contributed by atoms with E-state index in [4.69, 9.17) is 9.47 Å². The first-order chi connectivity index (χ1) is 26.0. The Hall–Kier alpha value is -5.48. The zero-order chi connectivity index (χ0) is 38.0. The second-order valence-corrected chi connectivity index (χ2v) is 15.8. The number of hydrogen-bond donors (Lipinski definition) is 0. The first-order valence-electron chi connectivity index (χ1n) is 19.3. The summed E-state index contributed by atoms with van der Waals surface area (Å²) < 4.78 is 10.3. The number of benzene rings is 5. The summed E-state index contributed by atoms with van der Waals surface area (Å²) in [6, 6.07) is 36.8. The fraction of sp³-hybridized carbons (Fsp3) is 0.280. The molecule has 4 heteroatoms. The quantitative estimate of drug-likeness (QED) is 0.0653. The van der Waals surface area contributed by atoms with Gasteiger partial charge in [0.25, 0.3) is 0 Å². The summed E-state index contributed by atoms with van der Waals surface area (Å²) in [6.45, 7) is 17.2. The highest BCUT2D eigenvalue weighted by molar-refractivity contribution is 5.88. The fourth-order valence-electron chi connectivity index (χ4n) is 8.41. The number of unbranched alkanes of at least 4 members (excludes halogenated alkanes) is 2. The first kappa shape index (κ1) is 36.9. The Kier molecular flexibility index (Phi) is 10.3. The molecule has 4 nitrogen and oxygen atoms in total. The van der Waals surface area contributed by atoms with E-state index in [1.54, 1.807) is 0 Å². The van der Waals surface area contributed by atoms with Crippen molar-refractivity contribution in [3.8, 4) is 44.5 Å². The average molecular weight is 715 g/mol. The monoisotopic (exact) mass is 714 g/mol. The minimum atomic E-state index is -0.359. The molecule has 0 bridgehead atoms. The van der Waals surface area contributed by atoms with Gasteiger partial charge >= 0.3 is 11.9 Å². The lowest BCUT2D eigenvalue weighted by molar-refractivity contribution is -0.138. The van der Waals surface area contributed by atoms with Crippen molar-refractivity contribution < 1.29 is 19.1 Å². The SMILES string of the molecule is C=CC(=O)OCCCCc1ccc(-c2ccc3c(c2)C(C)(C)c2cc(-c4ccc5c(c4)C(C)(C)c4cc(CCCCOC(=O)C=C)ccc4-5)ccc2-3)cc1. The Balaban J connectivity index is 1.06. The van der Waals surface area contributed by atoms with Gasteiger partial charge in [-0.1, -0.05) is 120 Å². The van der Waals surface area contributed by atoms with Gasteiger partial charge in [-0.3, -0.25) is 0 Å². The highest BCUT2D eigenvalue weighted by atomic mass is 16.5. The van der Waals surface area contributed by atoms with Crippen molar-refractivity contribution >= 4 is 11.9 Å². The van der Waals surface area contributed by atoms with E-state index in [2.05, 4.69) is 138 Å². The molecule has 0 radical (unpaired) electrons. The van der Waals surface area contributed by atoms with Crippen molar-refractivity contribution in [3.05, 3.63) is 156 Å². The molecule has 5 aromatic carbocycles. The highest BCUT2D eigenvalue weighted by Crippen LogP contribution is 2.52. The Bertz CT molecular complexity index is 2250. The summed E-state index contributed by atoms with van der Waals surface area (Å²) in [5.41, 5.74) is 18.1. The van der Waals surface area contributed by atoms with E-state index in [9.17, 15) is 9.59 Å². The van der Waals surface area contributed by atoms with Crippen LogP contribution in [-0.2, 0) is 42.7 Å². The van der Waals surface area contributed by atoms with Crippen molar-refractivity contribution in [2.75, 3.05) is 13.2 Å². The van der Waals surface area contributed by atoms with Crippen LogP contribution >= 0.6 is 0 Å². The van der Waals surface area contributed by atoms with Crippen LogP contribution in [0.15, 0.2) is 122 Å². The normalized spacial score (nSPS) is 14.0. The maximum absolute atomic E-state index is 11.4. The highest BCUT2D eigenvalue weighted by Gasteiger charge is 2.37. The minimum Gasteiger partial charge on any atom is -0.463 e. The van der Waals surface area contributed by atoms with Crippen LogP contribution in [0, 0.1) is 0 Å². The number of ether oxygens (including phenoxy) is 2. The second kappa shape index (κ2) is 15.1. The number of carbonyl (C=O) groups excluding carboxylic acids is 2. The largest absolute Gasteiger partial charge is 0.463 e. The van der Waals surface area contributed by atoms with Gasteiger partial charge in [0.05, 0.1) is 13.2 Å². The molecule has 5 aromatic rings. The van der Waals surface area contributed by atoms with Crippen LogP contribution in [0.5, 0.6) is 0 Å². The number of carbonyl (C=O) groups is 2. The van der Waals surface area contributed by atoms with Gasteiger partial charge in [-0.2, -0.15) is 0 Å². The molecule has 0 spiro atoms. The number of rotatable bonds is 14. The predicted molar refractivity (Wildman–Crippen MR) is 221 cm³/mol. The van der Waals surface area contributed by atoms with E-state index < -0.39 is 0 Å². The lowest BCUT2D eigenvalue weighted by Crippen LogP contribution is -2.16. The first-order valence-corrected chi connectivity index (χ1v) is 19.3. The molecular formula is C50H50O4. The van der Waals surface area contributed by atoms with Gasteiger partial charge in [0, 0.05) is 23.0 Å². The topological polar surface area (TPSA) is 52.6 Å². The van der Waals surface area contributed by atoms with E-state index in [-0.39, 0.29) is 22.8 Å². The van der Waals surface area contributed by atoms with Gasteiger partial charge in [0.1, 0.15) is 0 Å². The van der Waals surface area contributed by atoms with Crippen LogP contribution in [0.4, 0.5) is 0 Å². The number of esters is 2. The average Bonchev–Trinajstić information content (AvgIpc) is 3.55. The van der Waals surface area contributed by atoms with Gasteiger partial charge in [-0.05, 0) is 135 Å². The summed E-state index contributed by atoms with van der Waals surface area (Å²) in [5, 5.41) is 0. The molecule has 2 aliphatic rings. The van der Waals surface area contributed by atoms with E-state index in [0.717, 1.165) is 38.5 Å². The Labute approximate surface area is 320 Å². The van der Waals surface area contributed by atoms with Crippen LogP contribution < -0.4 is 0 Å². The van der Waals surface area contributed by atoms with E-state index in [1.165, 1.54) is 90.0 Å². The second-order valence-electron chi connectivity index (χ2n) is 15.8. The molecule has 0 heterocycles. The summed E-state index contributed by atoms with van der Waals surface area (Å²) in [5.74, 6) is -0.717. The molecule has 0 aromatic heterocycles. The molecule has 0 saturated carbocycles. The Morgan fingerprint density at radius 1 is 0.481 bits per heavy atom. The fourth-order valence-corrected chi connectivity index (χ4v) is 8.41. The van der Waals surface area contributed by atoms with Gasteiger partial charge in [-0.25, -0.2) is 9.59 Å². The number of fused-ring (bicyclic) bond motifs is 6. The molecule has 274 valence electrons. The van der Waals surface area contributed by atoms with E-state index in [0.29, 0.717) is 13.2 Å². The van der Waals surface area contributed by atoms with Gasteiger partial charge in [0.15, 0.2) is 0 Å². The van der Waals surface area contributed by atoms with Crippen LogP contribution in [-0.4, -0.2) is 25.2 Å². The van der Waals surface area contributed by atoms with Crippen LogP contribution in [0.1, 0.15) is 86.8 Å². The molecule has 0 aliphatic heterocycles. The molecule has 0 saturated heterocycles. The van der Waals surface area contributed by atoms with Crippen LogP contribution in [0.2, 0.25) is 0 Å². The van der Waals surface area contributed by atoms with Crippen LogP contribution in [0.25, 0.3) is 44.5 Å². The van der Waals surface area contributed by atoms with Crippen molar-refractivity contribution in [1.82, 2.24) is 0 Å². The van der Waals surface area contributed by atoms with Gasteiger partial charge in [0.2, 0.25) is 0 Å². The standard InChI is InChI=1S/C50H50O4/c1-7-47(51)53-27-11-9-13-33-15-18-35(19-16-33)36-20-24-41-42-26-22-38(32-46(42)50(5,6)44(41)30-36)37-21-25-40-39-23-17-34(14-10-12-28-54-48(52)8-2)29-43(39)49(3,4)45(40)31-37/h7-8,15-26,29-32H,1-2,9-14,27-28H2,3-6H3. The molecule has 0 unspecified atom stereocenters. The number of aryl methyl sites for hydroxylation is 2. The molecule has 7 rings (SSSR count). The van der Waals surface area contributed by atoms with E-state index in [1.807, 2.05) is 0 Å². The molecule has 2 aliphatic carbocycles. The third kappa shape index (κ3) is 7.10. The summed E-state index contributed by atoms with van der Waals surface area (Å²) in [6.07, 6.45) is 7.94. The molecule has 54 heavy (non-hydrogen) atoms. The third-order valence-corrected chi connectivity index (χ3v) is 11.6. The third-order valence-electron chi connectivity index (χ3n) is 11.6. The molecule has 0 atom stereocenters. The van der Waals surface area contributed by atoms with Crippen molar-refractivity contribution in [2.24, 2.45) is 0 Å². The Morgan fingerprint density at radius 2 is 0.833 bits per heavy atom. The summed E-state index contributed by atoms with van der Waals surface area (Å²) >= 11 is 0. The van der Waals surface area contributed by atoms with Crippen molar-refractivity contribution in [1.29, 1.82) is 0 Å². The molecule has 0 fully saturated rings. The molecule has 0 N–H and O–H groups in total. The van der Waals surface area contributed by atoms with Crippen molar-refractivity contribution in [2.45, 2.75) is 77.0 Å².